The summed E-state index contributed by atoms with van der Waals surface area (Å²) in [6, 6.07) is 18.2. The fraction of sp³-hybridized carbons (Fsp3) is 0.269. The van der Waals surface area contributed by atoms with Gasteiger partial charge in [-0.1, -0.05) is 43.6 Å². The van der Waals surface area contributed by atoms with Gasteiger partial charge in [-0.05, 0) is 53.9 Å². The summed E-state index contributed by atoms with van der Waals surface area (Å²) < 4.78 is 0. The first-order valence-electron chi connectivity index (χ1n) is 11.3. The number of anilines is 3. The zero-order valence-electron chi connectivity index (χ0n) is 19.3. The highest BCUT2D eigenvalue weighted by atomic mass is 35.5. The standard InChI is InChI=1S/C26H28ClN5O2/c1-18(2)19-6-8-22(9-7-19)29-26(34)30-23-10-11-24(28-17-23)31-12-14-32(15-13-31)25(33)20-4-3-5-21(27)16-20/h3-11,16-18H,12-15H2,1-2H3,(H2,29,30,34). The molecule has 2 heterocycles. The molecule has 0 unspecified atom stereocenters. The van der Waals surface area contributed by atoms with Crippen LogP contribution < -0.4 is 15.5 Å². The molecular formula is C26H28ClN5O2. The number of hydrogen-bond acceptors (Lipinski definition) is 4. The molecule has 0 bridgehead atoms. The summed E-state index contributed by atoms with van der Waals surface area (Å²) in [4.78, 5) is 33.5. The van der Waals surface area contributed by atoms with Gasteiger partial charge in [-0.25, -0.2) is 9.78 Å². The van der Waals surface area contributed by atoms with E-state index in [1.54, 1.807) is 30.5 Å². The highest BCUT2D eigenvalue weighted by Gasteiger charge is 2.23. The third-order valence-corrected chi connectivity index (χ3v) is 6.04. The SMILES string of the molecule is CC(C)c1ccc(NC(=O)Nc2ccc(N3CCN(C(=O)c4cccc(Cl)c4)CC3)nc2)cc1. The summed E-state index contributed by atoms with van der Waals surface area (Å²) in [7, 11) is 0. The van der Waals surface area contributed by atoms with Gasteiger partial charge in [0, 0.05) is 42.5 Å². The second-order valence-corrected chi connectivity index (χ2v) is 8.99. The van der Waals surface area contributed by atoms with Gasteiger partial charge < -0.3 is 20.4 Å². The maximum absolute atomic E-state index is 12.7. The summed E-state index contributed by atoms with van der Waals surface area (Å²) in [5.41, 5.74) is 3.16. The summed E-state index contributed by atoms with van der Waals surface area (Å²) >= 11 is 6.01. The lowest BCUT2D eigenvalue weighted by Gasteiger charge is -2.35. The van der Waals surface area contributed by atoms with Crippen molar-refractivity contribution >= 4 is 40.7 Å². The molecule has 2 N–H and O–H groups in total. The number of carbonyl (C=O) groups is 2. The van der Waals surface area contributed by atoms with Crippen molar-refractivity contribution < 1.29 is 9.59 Å². The Bertz CT molecular complexity index is 1140. The van der Waals surface area contributed by atoms with Crippen molar-refractivity contribution in [1.82, 2.24) is 9.88 Å². The van der Waals surface area contributed by atoms with E-state index in [2.05, 4.69) is 34.4 Å². The van der Waals surface area contributed by atoms with Gasteiger partial charge >= 0.3 is 6.03 Å². The fourth-order valence-electron chi connectivity index (χ4n) is 3.83. The molecule has 3 aromatic rings. The first-order chi connectivity index (χ1) is 16.4. The Morgan fingerprint density at radius 3 is 2.21 bits per heavy atom. The molecule has 0 saturated carbocycles. The van der Waals surface area contributed by atoms with Crippen LogP contribution in [0.3, 0.4) is 0 Å². The van der Waals surface area contributed by atoms with Crippen LogP contribution in [-0.2, 0) is 0 Å². The first-order valence-corrected chi connectivity index (χ1v) is 11.7. The fourth-order valence-corrected chi connectivity index (χ4v) is 4.02. The van der Waals surface area contributed by atoms with Crippen molar-refractivity contribution in [2.45, 2.75) is 19.8 Å². The minimum absolute atomic E-state index is 0.0143. The average Bonchev–Trinajstić information content (AvgIpc) is 2.84. The van der Waals surface area contributed by atoms with Crippen LogP contribution in [0.4, 0.5) is 22.0 Å². The van der Waals surface area contributed by atoms with E-state index in [1.165, 1.54) is 5.56 Å². The number of nitrogens with one attached hydrogen (secondary N) is 2. The predicted molar refractivity (Wildman–Crippen MR) is 137 cm³/mol. The molecule has 34 heavy (non-hydrogen) atoms. The van der Waals surface area contributed by atoms with Crippen molar-refractivity contribution in [3.8, 4) is 0 Å². The van der Waals surface area contributed by atoms with Crippen LogP contribution in [0, 0.1) is 0 Å². The second kappa shape index (κ2) is 10.6. The average molecular weight is 478 g/mol. The Morgan fingerprint density at radius 2 is 1.59 bits per heavy atom. The molecule has 3 amide bonds. The molecular weight excluding hydrogens is 450 g/mol. The molecule has 1 aromatic heterocycles. The van der Waals surface area contributed by atoms with Crippen LogP contribution in [0.25, 0.3) is 0 Å². The van der Waals surface area contributed by atoms with E-state index < -0.39 is 0 Å². The third-order valence-electron chi connectivity index (χ3n) is 5.80. The van der Waals surface area contributed by atoms with Gasteiger partial charge in [0.05, 0.1) is 11.9 Å². The van der Waals surface area contributed by atoms with Crippen LogP contribution in [-0.4, -0.2) is 48.0 Å². The minimum atomic E-state index is -0.319. The Labute approximate surface area is 204 Å². The van der Waals surface area contributed by atoms with Gasteiger partial charge in [-0.2, -0.15) is 0 Å². The van der Waals surface area contributed by atoms with Crippen molar-refractivity contribution in [3.63, 3.8) is 0 Å². The Hall–Kier alpha value is -3.58. The van der Waals surface area contributed by atoms with E-state index in [0.29, 0.717) is 48.4 Å². The summed E-state index contributed by atoms with van der Waals surface area (Å²) in [6.45, 7) is 6.83. The first kappa shape index (κ1) is 23.6. The molecule has 0 spiro atoms. The van der Waals surface area contributed by atoms with Crippen LogP contribution in [0.5, 0.6) is 0 Å². The molecule has 0 atom stereocenters. The molecule has 7 nitrogen and oxygen atoms in total. The van der Waals surface area contributed by atoms with Crippen LogP contribution in [0.1, 0.15) is 35.7 Å². The van der Waals surface area contributed by atoms with Crippen LogP contribution in [0.15, 0.2) is 66.9 Å². The number of urea groups is 1. The number of halogens is 1. The maximum atomic E-state index is 12.7. The smallest absolute Gasteiger partial charge is 0.323 e. The summed E-state index contributed by atoms with van der Waals surface area (Å²) in [5.74, 6) is 1.24. The number of carbonyl (C=O) groups excluding carboxylic acids is 2. The van der Waals surface area contributed by atoms with Crippen molar-refractivity contribution in [3.05, 3.63) is 83.0 Å². The zero-order chi connectivity index (χ0) is 24.1. The molecule has 8 heteroatoms. The molecule has 1 saturated heterocycles. The molecule has 176 valence electrons. The molecule has 4 rings (SSSR count). The quantitative estimate of drug-likeness (QED) is 0.511. The number of piperazine rings is 1. The lowest BCUT2D eigenvalue weighted by molar-refractivity contribution is 0.0746. The minimum Gasteiger partial charge on any atom is -0.353 e. The highest BCUT2D eigenvalue weighted by molar-refractivity contribution is 6.30. The van der Waals surface area contributed by atoms with Gasteiger partial charge in [-0.15, -0.1) is 0 Å². The Kier molecular flexibility index (Phi) is 7.33. The van der Waals surface area contributed by atoms with E-state index in [9.17, 15) is 9.59 Å². The van der Waals surface area contributed by atoms with Crippen LogP contribution >= 0.6 is 11.6 Å². The van der Waals surface area contributed by atoms with Gasteiger partial charge in [0.2, 0.25) is 0 Å². The molecule has 1 fully saturated rings. The lowest BCUT2D eigenvalue weighted by Crippen LogP contribution is -2.49. The normalized spacial score (nSPS) is 13.6. The van der Waals surface area contributed by atoms with Gasteiger partial charge in [0.25, 0.3) is 5.91 Å². The number of pyridine rings is 1. The lowest BCUT2D eigenvalue weighted by atomic mass is 10.0. The molecule has 0 radical (unpaired) electrons. The number of benzene rings is 2. The molecule has 0 aliphatic carbocycles. The monoisotopic (exact) mass is 477 g/mol. The maximum Gasteiger partial charge on any atom is 0.323 e. The molecule has 2 aromatic carbocycles. The topological polar surface area (TPSA) is 77.6 Å². The Balaban J connectivity index is 1.28. The van der Waals surface area contributed by atoms with Gasteiger partial charge in [0.15, 0.2) is 0 Å². The summed E-state index contributed by atoms with van der Waals surface area (Å²) in [6.07, 6.45) is 1.64. The van der Waals surface area contributed by atoms with E-state index in [4.69, 9.17) is 11.6 Å². The van der Waals surface area contributed by atoms with Crippen LogP contribution in [0.2, 0.25) is 5.02 Å². The largest absolute Gasteiger partial charge is 0.353 e. The number of hydrogen-bond donors (Lipinski definition) is 2. The van der Waals surface area contributed by atoms with Gasteiger partial charge in [0.1, 0.15) is 5.82 Å². The van der Waals surface area contributed by atoms with E-state index >= 15 is 0 Å². The third kappa shape index (κ3) is 5.85. The molecule has 1 aliphatic rings. The van der Waals surface area contributed by atoms with Crippen molar-refractivity contribution in [1.29, 1.82) is 0 Å². The predicted octanol–water partition coefficient (Wildman–Crippen LogP) is 5.46. The van der Waals surface area contributed by atoms with E-state index in [-0.39, 0.29) is 11.9 Å². The number of aromatic nitrogens is 1. The van der Waals surface area contributed by atoms with Gasteiger partial charge in [-0.3, -0.25) is 4.79 Å². The second-order valence-electron chi connectivity index (χ2n) is 8.55. The zero-order valence-corrected chi connectivity index (χ0v) is 20.0. The van der Waals surface area contributed by atoms with Crippen molar-refractivity contribution in [2.24, 2.45) is 0 Å². The van der Waals surface area contributed by atoms with Crippen molar-refractivity contribution in [2.75, 3.05) is 41.7 Å². The number of amides is 3. The number of rotatable bonds is 5. The Morgan fingerprint density at radius 1 is 0.912 bits per heavy atom. The molecule has 1 aliphatic heterocycles. The highest BCUT2D eigenvalue weighted by Crippen LogP contribution is 2.20. The van der Waals surface area contributed by atoms with E-state index in [0.717, 1.165) is 11.5 Å². The summed E-state index contributed by atoms with van der Waals surface area (Å²) in [5, 5.41) is 6.20. The number of nitrogens with zero attached hydrogens (tertiary/aromatic N) is 3. The van der Waals surface area contributed by atoms with E-state index in [1.807, 2.05) is 41.3 Å².